The van der Waals surface area contributed by atoms with Crippen molar-refractivity contribution in [2.24, 2.45) is 11.8 Å². The van der Waals surface area contributed by atoms with Crippen LogP contribution in [-0.2, 0) is 11.3 Å². The minimum atomic E-state index is -0.652. The first-order valence-corrected chi connectivity index (χ1v) is 6.87. The molecule has 0 spiro atoms. The van der Waals surface area contributed by atoms with Crippen LogP contribution in [0.15, 0.2) is 24.3 Å². The van der Waals surface area contributed by atoms with Crippen LogP contribution in [0.4, 0.5) is 0 Å². The predicted octanol–water partition coefficient (Wildman–Crippen LogP) is 2.37. The zero-order valence-corrected chi connectivity index (χ0v) is 11.0. The number of hydrogen-bond donors (Lipinski definition) is 3. The molecule has 0 bridgehead atoms. The number of carboxylic acids is 1. The first-order chi connectivity index (χ1) is 9.16. The van der Waals surface area contributed by atoms with E-state index in [0.29, 0.717) is 18.2 Å². The molecule has 3 N–H and O–H groups in total. The quantitative estimate of drug-likeness (QED) is 0.763. The molecule has 0 heterocycles. The average molecular weight is 263 g/mol. The van der Waals surface area contributed by atoms with Crippen LogP contribution in [0.1, 0.15) is 31.2 Å². The topological polar surface area (TPSA) is 69.6 Å². The third kappa shape index (κ3) is 3.96. The Morgan fingerprint density at radius 2 is 1.89 bits per heavy atom. The predicted molar refractivity (Wildman–Crippen MR) is 72.9 cm³/mol. The highest BCUT2D eigenvalue weighted by Crippen LogP contribution is 2.28. The molecule has 1 aromatic carbocycles. The highest BCUT2D eigenvalue weighted by molar-refractivity contribution is 5.69. The summed E-state index contributed by atoms with van der Waals surface area (Å²) in [4.78, 5) is 10.9. The Kier molecular flexibility index (Phi) is 4.80. The fraction of sp³-hybridized carbons (Fsp3) is 0.533. The van der Waals surface area contributed by atoms with Gasteiger partial charge in [0, 0.05) is 12.1 Å². The number of carbonyl (C=O) groups is 1. The van der Waals surface area contributed by atoms with Crippen molar-refractivity contribution in [3.05, 3.63) is 29.8 Å². The third-order valence-electron chi connectivity index (χ3n) is 3.94. The zero-order valence-electron chi connectivity index (χ0n) is 11.0. The number of carboxylic acid groups (broad SMARTS) is 1. The van der Waals surface area contributed by atoms with E-state index in [2.05, 4.69) is 5.32 Å². The van der Waals surface area contributed by atoms with E-state index in [1.807, 2.05) is 18.2 Å². The molecule has 0 radical (unpaired) electrons. The molecular weight excluding hydrogens is 242 g/mol. The first-order valence-electron chi connectivity index (χ1n) is 6.87. The summed E-state index contributed by atoms with van der Waals surface area (Å²) in [6, 6.07) is 7.32. The number of nitrogens with one attached hydrogen (secondary N) is 1. The lowest BCUT2D eigenvalue weighted by Crippen LogP contribution is -2.28. The minimum Gasteiger partial charge on any atom is -0.508 e. The molecule has 1 aliphatic rings. The molecule has 0 saturated heterocycles. The number of aliphatic carboxylic acids is 1. The van der Waals surface area contributed by atoms with Crippen molar-refractivity contribution in [3.63, 3.8) is 0 Å². The van der Waals surface area contributed by atoms with Crippen LogP contribution >= 0.6 is 0 Å². The van der Waals surface area contributed by atoms with Gasteiger partial charge in [-0.05, 0) is 44.2 Å². The van der Waals surface area contributed by atoms with E-state index in [1.165, 1.54) is 0 Å². The SMILES string of the molecule is O=C(O)[C@H]1CC[C@H](CNCc2ccccc2O)CC1. The zero-order chi connectivity index (χ0) is 13.7. The van der Waals surface area contributed by atoms with Crippen molar-refractivity contribution >= 4 is 5.97 Å². The standard InChI is InChI=1S/C15H21NO3/c17-14-4-2-1-3-13(14)10-16-9-11-5-7-12(8-6-11)15(18)19/h1-4,11-12,16-17H,5-10H2,(H,18,19)/t11-,12-. The van der Waals surface area contributed by atoms with E-state index in [9.17, 15) is 9.90 Å². The monoisotopic (exact) mass is 263 g/mol. The maximum absolute atomic E-state index is 10.9. The van der Waals surface area contributed by atoms with Gasteiger partial charge < -0.3 is 15.5 Å². The number of benzene rings is 1. The molecule has 19 heavy (non-hydrogen) atoms. The molecule has 4 nitrogen and oxygen atoms in total. The molecule has 1 saturated carbocycles. The number of para-hydroxylation sites is 1. The first kappa shape index (κ1) is 13.9. The van der Waals surface area contributed by atoms with Gasteiger partial charge >= 0.3 is 5.97 Å². The Morgan fingerprint density at radius 1 is 1.21 bits per heavy atom. The van der Waals surface area contributed by atoms with Gasteiger partial charge in [-0.25, -0.2) is 0 Å². The Morgan fingerprint density at radius 3 is 2.53 bits per heavy atom. The van der Waals surface area contributed by atoms with Gasteiger partial charge in [0.05, 0.1) is 5.92 Å². The largest absolute Gasteiger partial charge is 0.508 e. The molecule has 1 aliphatic carbocycles. The van der Waals surface area contributed by atoms with Gasteiger partial charge in [0.1, 0.15) is 5.75 Å². The summed E-state index contributed by atoms with van der Waals surface area (Å²) in [5.74, 6) is 0.0843. The fourth-order valence-electron chi connectivity index (χ4n) is 2.68. The Labute approximate surface area is 113 Å². The van der Waals surface area contributed by atoms with Gasteiger partial charge in [-0.1, -0.05) is 18.2 Å². The van der Waals surface area contributed by atoms with E-state index >= 15 is 0 Å². The van der Waals surface area contributed by atoms with Gasteiger partial charge in [0.25, 0.3) is 0 Å². The summed E-state index contributed by atoms with van der Waals surface area (Å²) >= 11 is 0. The molecule has 2 rings (SSSR count). The van der Waals surface area contributed by atoms with E-state index in [1.54, 1.807) is 6.07 Å². The molecule has 0 aromatic heterocycles. The molecule has 1 aromatic rings. The van der Waals surface area contributed by atoms with Crippen LogP contribution in [0.3, 0.4) is 0 Å². The van der Waals surface area contributed by atoms with Gasteiger partial charge in [-0.15, -0.1) is 0 Å². The van der Waals surface area contributed by atoms with Crippen LogP contribution in [0, 0.1) is 11.8 Å². The maximum Gasteiger partial charge on any atom is 0.306 e. The van der Waals surface area contributed by atoms with E-state index in [4.69, 9.17) is 5.11 Å². The highest BCUT2D eigenvalue weighted by Gasteiger charge is 2.25. The van der Waals surface area contributed by atoms with Crippen LogP contribution in [0.2, 0.25) is 0 Å². The molecule has 0 unspecified atom stereocenters. The van der Waals surface area contributed by atoms with E-state index in [-0.39, 0.29) is 5.92 Å². The molecule has 104 valence electrons. The fourth-order valence-corrected chi connectivity index (χ4v) is 2.68. The number of phenols is 1. The molecule has 1 fully saturated rings. The maximum atomic E-state index is 10.9. The third-order valence-corrected chi connectivity index (χ3v) is 3.94. The number of phenolic OH excluding ortho intramolecular Hbond substituents is 1. The van der Waals surface area contributed by atoms with E-state index in [0.717, 1.165) is 37.8 Å². The van der Waals surface area contributed by atoms with E-state index < -0.39 is 5.97 Å². The lowest BCUT2D eigenvalue weighted by Gasteiger charge is -2.26. The summed E-state index contributed by atoms with van der Waals surface area (Å²) in [6.07, 6.45) is 3.53. The smallest absolute Gasteiger partial charge is 0.306 e. The Bertz CT molecular complexity index is 425. The minimum absolute atomic E-state index is 0.144. The molecule has 0 atom stereocenters. The van der Waals surface area contributed by atoms with Crippen molar-refractivity contribution in [1.82, 2.24) is 5.32 Å². The van der Waals surface area contributed by atoms with Crippen LogP contribution < -0.4 is 5.32 Å². The van der Waals surface area contributed by atoms with Crippen LogP contribution in [0.5, 0.6) is 5.75 Å². The summed E-state index contributed by atoms with van der Waals surface area (Å²) in [5.41, 5.74) is 0.904. The van der Waals surface area contributed by atoms with Crippen molar-refractivity contribution in [3.8, 4) is 5.75 Å². The Balaban J connectivity index is 1.70. The molecule has 4 heteroatoms. The second kappa shape index (κ2) is 6.57. The van der Waals surface area contributed by atoms with Crippen LogP contribution in [0.25, 0.3) is 0 Å². The van der Waals surface area contributed by atoms with Crippen molar-refractivity contribution in [2.75, 3.05) is 6.54 Å². The normalized spacial score (nSPS) is 23.2. The molecular formula is C15H21NO3. The number of aromatic hydroxyl groups is 1. The van der Waals surface area contributed by atoms with Crippen LogP contribution in [-0.4, -0.2) is 22.7 Å². The average Bonchev–Trinajstić information content (AvgIpc) is 2.41. The number of rotatable bonds is 5. The van der Waals surface area contributed by atoms with Crippen molar-refractivity contribution < 1.29 is 15.0 Å². The highest BCUT2D eigenvalue weighted by atomic mass is 16.4. The van der Waals surface area contributed by atoms with Gasteiger partial charge in [-0.3, -0.25) is 4.79 Å². The van der Waals surface area contributed by atoms with Gasteiger partial charge in [0.2, 0.25) is 0 Å². The second-order valence-electron chi connectivity index (χ2n) is 5.32. The van der Waals surface area contributed by atoms with Crippen molar-refractivity contribution in [2.45, 2.75) is 32.2 Å². The Hall–Kier alpha value is -1.55. The molecule has 0 amide bonds. The summed E-state index contributed by atoms with van der Waals surface area (Å²) in [6.45, 7) is 1.55. The number of hydrogen-bond acceptors (Lipinski definition) is 3. The second-order valence-corrected chi connectivity index (χ2v) is 5.32. The lowest BCUT2D eigenvalue weighted by atomic mass is 9.82. The molecule has 0 aliphatic heterocycles. The summed E-state index contributed by atoms with van der Waals surface area (Å²) in [5, 5.41) is 21.9. The summed E-state index contributed by atoms with van der Waals surface area (Å²) in [7, 11) is 0. The lowest BCUT2D eigenvalue weighted by molar-refractivity contribution is -0.143. The van der Waals surface area contributed by atoms with Gasteiger partial charge in [0.15, 0.2) is 0 Å². The van der Waals surface area contributed by atoms with Gasteiger partial charge in [-0.2, -0.15) is 0 Å². The summed E-state index contributed by atoms with van der Waals surface area (Å²) < 4.78 is 0. The van der Waals surface area contributed by atoms with Crippen molar-refractivity contribution in [1.29, 1.82) is 0 Å².